The summed E-state index contributed by atoms with van der Waals surface area (Å²) in [7, 11) is 0. The second kappa shape index (κ2) is 6.76. The Morgan fingerprint density at radius 2 is 1.42 bits per heavy atom. The van der Waals surface area contributed by atoms with E-state index in [0.29, 0.717) is 5.56 Å². The lowest BCUT2D eigenvalue weighted by Gasteiger charge is -2.11. The Kier molecular flexibility index (Phi) is 4.15. The normalized spacial score (nSPS) is 11.3. The molecule has 0 bridgehead atoms. The molecule has 1 amide bonds. The molecule has 0 fully saturated rings. The van der Waals surface area contributed by atoms with Gasteiger partial charge in [-0.05, 0) is 46.2 Å². The van der Waals surface area contributed by atoms with Crippen LogP contribution >= 0.6 is 0 Å². The average Bonchev–Trinajstić information content (AvgIpc) is 2.71. The fraction of sp³-hybridized carbons (Fsp3) is 0.0455. The molecule has 126 valence electrons. The average molecular weight is 339 g/mol. The lowest BCUT2D eigenvalue weighted by Crippen LogP contribution is -2.17. The molecular weight excluding hydrogens is 322 g/mol. The number of benzene rings is 3. The third kappa shape index (κ3) is 2.82. The first-order chi connectivity index (χ1) is 12.8. The Balaban J connectivity index is 1.78. The Morgan fingerprint density at radius 1 is 0.885 bits per heavy atom. The van der Waals surface area contributed by atoms with E-state index in [1.54, 1.807) is 30.7 Å². The summed E-state index contributed by atoms with van der Waals surface area (Å²) in [6.07, 6.45) is 4.89. The van der Waals surface area contributed by atoms with E-state index in [4.69, 9.17) is 0 Å². The van der Waals surface area contributed by atoms with Crippen molar-refractivity contribution in [1.29, 1.82) is 0 Å². The summed E-state index contributed by atoms with van der Waals surface area (Å²) >= 11 is 0. The van der Waals surface area contributed by atoms with Gasteiger partial charge >= 0.3 is 0 Å². The molecule has 3 aromatic carbocycles. The van der Waals surface area contributed by atoms with E-state index in [1.165, 1.54) is 16.3 Å². The molecule has 1 aromatic heterocycles. The number of aromatic nitrogens is 1. The number of nitrogens with zero attached hydrogens (tertiary/aromatic N) is 2. The van der Waals surface area contributed by atoms with Crippen molar-refractivity contribution in [2.45, 2.75) is 6.92 Å². The highest BCUT2D eigenvalue weighted by atomic mass is 16.2. The van der Waals surface area contributed by atoms with Crippen LogP contribution in [0.4, 0.5) is 0 Å². The SMILES string of the molecule is Cc1c2ccccc2c(/C=N\NC(=O)c2ccncc2)c2ccccc12. The summed E-state index contributed by atoms with van der Waals surface area (Å²) in [5, 5.41) is 8.81. The molecule has 4 heteroatoms. The molecular formula is C22H17N3O. The molecule has 0 aliphatic rings. The van der Waals surface area contributed by atoms with E-state index in [-0.39, 0.29) is 5.91 Å². The van der Waals surface area contributed by atoms with Crippen molar-refractivity contribution >= 4 is 33.7 Å². The Hall–Kier alpha value is -3.53. The summed E-state index contributed by atoms with van der Waals surface area (Å²) in [5.74, 6) is -0.260. The van der Waals surface area contributed by atoms with Crippen LogP contribution in [0.1, 0.15) is 21.5 Å². The summed E-state index contributed by atoms with van der Waals surface area (Å²) in [4.78, 5) is 16.1. The Bertz CT molecular complexity index is 1080. The summed E-state index contributed by atoms with van der Waals surface area (Å²) in [6.45, 7) is 2.14. The molecule has 0 atom stereocenters. The van der Waals surface area contributed by atoms with Gasteiger partial charge in [-0.25, -0.2) is 5.43 Å². The predicted molar refractivity (Wildman–Crippen MR) is 105 cm³/mol. The zero-order valence-electron chi connectivity index (χ0n) is 14.3. The fourth-order valence-corrected chi connectivity index (χ4v) is 3.24. The van der Waals surface area contributed by atoms with Crippen molar-refractivity contribution in [3.8, 4) is 0 Å². The minimum absolute atomic E-state index is 0.260. The van der Waals surface area contributed by atoms with Crippen LogP contribution in [0.25, 0.3) is 21.5 Å². The summed E-state index contributed by atoms with van der Waals surface area (Å²) in [5.41, 5.74) is 5.36. The lowest BCUT2D eigenvalue weighted by atomic mass is 9.93. The summed E-state index contributed by atoms with van der Waals surface area (Å²) in [6, 6.07) is 19.8. The van der Waals surface area contributed by atoms with Crippen molar-refractivity contribution < 1.29 is 4.79 Å². The molecule has 1 heterocycles. The topological polar surface area (TPSA) is 54.4 Å². The van der Waals surface area contributed by atoms with Crippen molar-refractivity contribution in [3.63, 3.8) is 0 Å². The third-order valence-corrected chi connectivity index (χ3v) is 4.54. The van der Waals surface area contributed by atoms with Gasteiger partial charge in [-0.15, -0.1) is 0 Å². The maximum atomic E-state index is 12.2. The number of fused-ring (bicyclic) bond motifs is 2. The molecule has 4 aromatic rings. The molecule has 4 nitrogen and oxygen atoms in total. The number of aryl methyl sites for hydroxylation is 1. The van der Waals surface area contributed by atoms with Crippen molar-refractivity contribution in [2.24, 2.45) is 5.10 Å². The summed E-state index contributed by atoms with van der Waals surface area (Å²) < 4.78 is 0. The van der Waals surface area contributed by atoms with E-state index in [1.807, 2.05) is 24.3 Å². The van der Waals surface area contributed by atoms with Crippen LogP contribution in [0.3, 0.4) is 0 Å². The van der Waals surface area contributed by atoms with Gasteiger partial charge in [0, 0.05) is 23.5 Å². The maximum Gasteiger partial charge on any atom is 0.271 e. The van der Waals surface area contributed by atoms with Crippen LogP contribution < -0.4 is 5.43 Å². The first-order valence-corrected chi connectivity index (χ1v) is 8.39. The van der Waals surface area contributed by atoms with E-state index in [0.717, 1.165) is 16.3 Å². The highest BCUT2D eigenvalue weighted by Gasteiger charge is 2.09. The van der Waals surface area contributed by atoms with Gasteiger partial charge < -0.3 is 0 Å². The number of nitrogens with one attached hydrogen (secondary N) is 1. The molecule has 0 radical (unpaired) electrons. The molecule has 4 rings (SSSR count). The second-order valence-electron chi connectivity index (χ2n) is 6.06. The first-order valence-electron chi connectivity index (χ1n) is 8.39. The monoisotopic (exact) mass is 339 g/mol. The van der Waals surface area contributed by atoms with Gasteiger partial charge in [-0.3, -0.25) is 9.78 Å². The van der Waals surface area contributed by atoms with Gasteiger partial charge in [-0.2, -0.15) is 5.10 Å². The van der Waals surface area contributed by atoms with Crippen LogP contribution in [0.15, 0.2) is 78.2 Å². The Morgan fingerprint density at radius 3 is 2.00 bits per heavy atom. The van der Waals surface area contributed by atoms with Gasteiger partial charge in [0.15, 0.2) is 0 Å². The largest absolute Gasteiger partial charge is 0.271 e. The van der Waals surface area contributed by atoms with Crippen molar-refractivity contribution in [3.05, 3.63) is 89.7 Å². The zero-order chi connectivity index (χ0) is 17.9. The van der Waals surface area contributed by atoms with Gasteiger partial charge in [0.2, 0.25) is 0 Å². The number of hydrogen-bond donors (Lipinski definition) is 1. The lowest BCUT2D eigenvalue weighted by molar-refractivity contribution is 0.0955. The minimum Gasteiger partial charge on any atom is -0.267 e. The molecule has 0 unspecified atom stereocenters. The second-order valence-corrected chi connectivity index (χ2v) is 6.06. The van der Waals surface area contributed by atoms with Crippen molar-refractivity contribution in [1.82, 2.24) is 10.4 Å². The first kappa shape index (κ1) is 16.0. The number of amides is 1. The molecule has 1 N–H and O–H groups in total. The molecule has 0 aliphatic heterocycles. The smallest absolute Gasteiger partial charge is 0.267 e. The molecule has 26 heavy (non-hydrogen) atoms. The van der Waals surface area contributed by atoms with Gasteiger partial charge in [0.05, 0.1) is 6.21 Å². The van der Waals surface area contributed by atoms with E-state index < -0.39 is 0 Å². The van der Waals surface area contributed by atoms with Crippen LogP contribution in [-0.2, 0) is 0 Å². The number of hydrazone groups is 1. The number of rotatable bonds is 3. The molecule has 0 spiro atoms. The molecule has 0 aliphatic carbocycles. The van der Waals surface area contributed by atoms with Gasteiger partial charge in [0.1, 0.15) is 0 Å². The van der Waals surface area contributed by atoms with Gasteiger partial charge in [0.25, 0.3) is 5.91 Å². The van der Waals surface area contributed by atoms with Crippen LogP contribution in [0, 0.1) is 6.92 Å². The zero-order valence-corrected chi connectivity index (χ0v) is 14.3. The van der Waals surface area contributed by atoms with Crippen LogP contribution in [0.2, 0.25) is 0 Å². The standard InChI is InChI=1S/C22H17N3O/c1-15-17-6-2-4-8-19(17)21(20-9-5-3-7-18(15)20)14-24-25-22(26)16-10-12-23-13-11-16/h2-14H,1H3,(H,25,26)/b24-14-. The van der Waals surface area contributed by atoms with E-state index >= 15 is 0 Å². The number of carbonyl (C=O) groups is 1. The van der Waals surface area contributed by atoms with Gasteiger partial charge in [-0.1, -0.05) is 48.5 Å². The molecule has 0 saturated heterocycles. The number of carbonyl (C=O) groups excluding carboxylic acids is 1. The molecule has 0 saturated carbocycles. The van der Waals surface area contributed by atoms with Crippen molar-refractivity contribution in [2.75, 3.05) is 0 Å². The van der Waals surface area contributed by atoms with E-state index in [9.17, 15) is 4.79 Å². The third-order valence-electron chi connectivity index (χ3n) is 4.54. The predicted octanol–water partition coefficient (Wildman–Crippen LogP) is 4.46. The van der Waals surface area contributed by atoms with Crippen LogP contribution in [-0.4, -0.2) is 17.1 Å². The highest BCUT2D eigenvalue weighted by molar-refractivity contribution is 6.15. The maximum absolute atomic E-state index is 12.2. The Labute approximate surface area is 151 Å². The number of hydrogen-bond acceptors (Lipinski definition) is 3. The van der Waals surface area contributed by atoms with Crippen LogP contribution in [0.5, 0.6) is 0 Å². The minimum atomic E-state index is -0.260. The highest BCUT2D eigenvalue weighted by Crippen LogP contribution is 2.31. The fourth-order valence-electron chi connectivity index (χ4n) is 3.24. The quantitative estimate of drug-likeness (QED) is 0.340. The van der Waals surface area contributed by atoms with E-state index in [2.05, 4.69) is 46.7 Å². The number of pyridine rings is 1.